The van der Waals surface area contributed by atoms with Crippen molar-refractivity contribution in [2.24, 2.45) is 0 Å². The van der Waals surface area contributed by atoms with Gasteiger partial charge in [0.25, 0.3) is 15.8 Å². The van der Waals surface area contributed by atoms with Crippen molar-refractivity contribution in [1.82, 2.24) is 0 Å². The van der Waals surface area contributed by atoms with Gasteiger partial charge in [0.15, 0.2) is 0 Å². The number of aryl methyl sites for hydroxylation is 1. The second-order valence-electron chi connectivity index (χ2n) is 2.68. The van der Waals surface area contributed by atoms with Gasteiger partial charge in [0.05, 0.1) is 9.82 Å². The molecule has 7 nitrogen and oxygen atoms in total. The zero-order valence-electron chi connectivity index (χ0n) is 7.67. The van der Waals surface area contributed by atoms with Crippen LogP contribution in [0.1, 0.15) is 5.56 Å². The molecule has 0 fully saturated rings. The number of hydrogen-bond acceptors (Lipinski definition) is 4. The van der Waals surface area contributed by atoms with Crippen molar-refractivity contribution < 1.29 is 23.4 Å². The third-order valence-corrected chi connectivity index (χ3v) is 2.66. The lowest BCUT2D eigenvalue weighted by Gasteiger charge is -2.00. The van der Waals surface area contributed by atoms with Crippen LogP contribution < -0.4 is 0 Å². The summed E-state index contributed by atoms with van der Waals surface area (Å²) >= 11 is 0. The van der Waals surface area contributed by atoms with Crippen molar-refractivity contribution in [3.05, 3.63) is 33.9 Å². The molecule has 0 aromatic heterocycles. The van der Waals surface area contributed by atoms with E-state index >= 15 is 0 Å². The highest BCUT2D eigenvalue weighted by atomic mass is 32.2. The van der Waals surface area contributed by atoms with Crippen molar-refractivity contribution in [3.8, 4) is 0 Å². The van der Waals surface area contributed by atoms with Crippen molar-refractivity contribution >= 4 is 15.8 Å². The van der Waals surface area contributed by atoms with Gasteiger partial charge >= 0.3 is 0 Å². The lowest BCUT2D eigenvalue weighted by atomic mass is 10.2. The largest absolute Gasteiger partial charge is 0.412 e. The number of nitro groups is 1. The molecule has 1 aromatic carbocycles. The van der Waals surface area contributed by atoms with Gasteiger partial charge in [-0.05, 0) is 18.6 Å². The maximum atomic E-state index is 10.7. The minimum Gasteiger partial charge on any atom is -0.412 e. The average molecular weight is 235 g/mol. The summed E-state index contributed by atoms with van der Waals surface area (Å²) < 4.78 is 30.1. The van der Waals surface area contributed by atoms with Gasteiger partial charge in [-0.1, -0.05) is 0 Å². The third kappa shape index (κ3) is 2.98. The first kappa shape index (κ1) is 13.5. The average Bonchev–Trinajstić information content (AvgIpc) is 2.01. The van der Waals surface area contributed by atoms with E-state index in [1.807, 2.05) is 0 Å². The monoisotopic (exact) mass is 235 g/mol. The number of non-ortho nitro benzene ring substituents is 1. The summed E-state index contributed by atoms with van der Waals surface area (Å²) in [6.07, 6.45) is 0. The second kappa shape index (κ2) is 4.34. The van der Waals surface area contributed by atoms with Crippen LogP contribution in [0.3, 0.4) is 0 Å². The SMILES string of the molecule is Cc1cc([N+](=O)[O-])ccc1S(=O)(=O)O.O. The molecular weight excluding hydrogens is 226 g/mol. The van der Waals surface area contributed by atoms with Gasteiger partial charge in [-0.3, -0.25) is 14.7 Å². The molecule has 0 bridgehead atoms. The first-order valence-corrected chi connectivity index (χ1v) is 4.99. The summed E-state index contributed by atoms with van der Waals surface area (Å²) in [6.45, 7) is 1.37. The van der Waals surface area contributed by atoms with Gasteiger partial charge in [-0.2, -0.15) is 8.42 Å². The molecule has 0 saturated carbocycles. The van der Waals surface area contributed by atoms with E-state index in [1.54, 1.807) is 0 Å². The van der Waals surface area contributed by atoms with Crippen LogP contribution in [-0.4, -0.2) is 23.4 Å². The van der Waals surface area contributed by atoms with E-state index in [4.69, 9.17) is 4.55 Å². The van der Waals surface area contributed by atoms with Crippen LogP contribution >= 0.6 is 0 Å². The normalized spacial score (nSPS) is 10.5. The summed E-state index contributed by atoms with van der Waals surface area (Å²) in [5.41, 5.74) is -0.0726. The molecule has 1 rings (SSSR count). The molecule has 15 heavy (non-hydrogen) atoms. The molecule has 0 aliphatic heterocycles. The van der Waals surface area contributed by atoms with Gasteiger partial charge in [0.1, 0.15) is 0 Å². The van der Waals surface area contributed by atoms with Crippen molar-refractivity contribution in [2.45, 2.75) is 11.8 Å². The number of hydrogen-bond donors (Lipinski definition) is 1. The first-order chi connectivity index (χ1) is 6.32. The number of nitrogens with zero attached hydrogens (tertiary/aromatic N) is 1. The van der Waals surface area contributed by atoms with Gasteiger partial charge in [0.2, 0.25) is 0 Å². The smallest absolute Gasteiger partial charge is 0.294 e. The molecule has 0 heterocycles. The van der Waals surface area contributed by atoms with E-state index in [2.05, 4.69) is 0 Å². The predicted octanol–water partition coefficient (Wildman–Crippen LogP) is 0.325. The van der Waals surface area contributed by atoms with Crippen molar-refractivity contribution in [3.63, 3.8) is 0 Å². The zero-order valence-corrected chi connectivity index (χ0v) is 8.48. The fourth-order valence-electron chi connectivity index (χ4n) is 1.04. The Morgan fingerprint density at radius 1 is 1.40 bits per heavy atom. The van der Waals surface area contributed by atoms with Gasteiger partial charge in [0, 0.05) is 12.1 Å². The predicted molar refractivity (Wildman–Crippen MR) is 51.3 cm³/mol. The molecule has 0 amide bonds. The Bertz CT molecular complexity index is 480. The molecule has 84 valence electrons. The molecule has 3 N–H and O–H groups in total. The summed E-state index contributed by atoms with van der Waals surface area (Å²) in [6, 6.07) is 3.11. The standard InChI is InChI=1S/C7H7NO5S.H2O/c1-5-4-6(8(9)10)2-3-7(5)14(11,12)13;/h2-4H,1H3,(H,11,12,13);1H2. The minimum absolute atomic E-state index is 0. The first-order valence-electron chi connectivity index (χ1n) is 3.55. The van der Waals surface area contributed by atoms with Crippen LogP contribution in [0.2, 0.25) is 0 Å². The molecule has 0 spiro atoms. The number of nitro benzene ring substituents is 1. The number of rotatable bonds is 2. The highest BCUT2D eigenvalue weighted by molar-refractivity contribution is 7.85. The fourth-order valence-corrected chi connectivity index (χ4v) is 1.74. The van der Waals surface area contributed by atoms with Crippen LogP contribution in [-0.2, 0) is 10.1 Å². The highest BCUT2D eigenvalue weighted by Gasteiger charge is 2.15. The topological polar surface area (TPSA) is 129 Å². The zero-order chi connectivity index (χ0) is 10.9. The molecule has 0 atom stereocenters. The maximum absolute atomic E-state index is 10.7. The van der Waals surface area contributed by atoms with E-state index < -0.39 is 15.0 Å². The van der Waals surface area contributed by atoms with Crippen molar-refractivity contribution in [1.29, 1.82) is 0 Å². The van der Waals surface area contributed by atoms with Gasteiger partial charge in [-0.25, -0.2) is 0 Å². The van der Waals surface area contributed by atoms with Gasteiger partial charge < -0.3 is 5.48 Å². The Hall–Kier alpha value is -1.51. The van der Waals surface area contributed by atoms with Crippen LogP contribution in [0.25, 0.3) is 0 Å². The highest BCUT2D eigenvalue weighted by Crippen LogP contribution is 2.20. The maximum Gasteiger partial charge on any atom is 0.294 e. The minimum atomic E-state index is -4.30. The van der Waals surface area contributed by atoms with E-state index in [0.29, 0.717) is 0 Å². The number of benzene rings is 1. The van der Waals surface area contributed by atoms with Crippen LogP contribution in [0.5, 0.6) is 0 Å². The van der Waals surface area contributed by atoms with Gasteiger partial charge in [-0.15, -0.1) is 0 Å². The molecule has 0 radical (unpaired) electrons. The van der Waals surface area contributed by atoms with Crippen molar-refractivity contribution in [2.75, 3.05) is 0 Å². The molecule has 0 aliphatic rings. The van der Waals surface area contributed by atoms with Crippen LogP contribution in [0.4, 0.5) is 5.69 Å². The van der Waals surface area contributed by atoms with E-state index in [1.165, 1.54) is 6.92 Å². The molecule has 1 aromatic rings. The molecule has 0 saturated heterocycles. The fraction of sp³-hybridized carbons (Fsp3) is 0.143. The lowest BCUT2D eigenvalue weighted by molar-refractivity contribution is -0.385. The summed E-state index contributed by atoms with van der Waals surface area (Å²) in [5.74, 6) is 0. The second-order valence-corrected chi connectivity index (χ2v) is 4.07. The summed E-state index contributed by atoms with van der Waals surface area (Å²) in [4.78, 5) is 9.35. The Kier molecular flexibility index (Phi) is 3.90. The Morgan fingerprint density at radius 2 is 1.93 bits per heavy atom. The Balaban J connectivity index is 0.00000196. The molecule has 0 aliphatic carbocycles. The molecule has 8 heteroatoms. The lowest BCUT2D eigenvalue weighted by Crippen LogP contribution is -2.01. The third-order valence-electron chi connectivity index (χ3n) is 1.65. The van der Waals surface area contributed by atoms with E-state index in [-0.39, 0.29) is 21.6 Å². The van der Waals surface area contributed by atoms with Crippen LogP contribution in [0.15, 0.2) is 23.1 Å². The summed E-state index contributed by atoms with van der Waals surface area (Å²) in [5, 5.41) is 10.3. The summed E-state index contributed by atoms with van der Waals surface area (Å²) in [7, 11) is -4.30. The van der Waals surface area contributed by atoms with E-state index in [9.17, 15) is 18.5 Å². The Labute approximate surface area is 85.6 Å². The molecule has 0 unspecified atom stereocenters. The van der Waals surface area contributed by atoms with Crippen LogP contribution in [0, 0.1) is 17.0 Å². The molecular formula is C7H9NO6S. The van der Waals surface area contributed by atoms with E-state index in [0.717, 1.165) is 18.2 Å². The Morgan fingerprint density at radius 3 is 2.27 bits per heavy atom. The quantitative estimate of drug-likeness (QED) is 0.448.